The highest BCUT2D eigenvalue weighted by molar-refractivity contribution is 6.30. The maximum Gasteiger partial charge on any atom is 0.123 e. The summed E-state index contributed by atoms with van der Waals surface area (Å²) in [4.78, 5) is 0. The molecule has 0 aliphatic rings. The van der Waals surface area contributed by atoms with Crippen LogP contribution in [0, 0.1) is 12.7 Å². The van der Waals surface area contributed by atoms with E-state index in [1.54, 1.807) is 6.07 Å². The molecule has 0 radical (unpaired) electrons. The minimum absolute atomic E-state index is 0.0112. The van der Waals surface area contributed by atoms with E-state index in [-0.39, 0.29) is 11.9 Å². The number of benzene rings is 2. The number of aryl methyl sites for hydroxylation is 1. The standard InChI is InChI=1S/C17H19ClFN/c1-3-10-20-17(13-5-7-14(18)8-6-13)16-11-15(19)9-4-12(16)2/h4-9,11,17,20H,3,10H2,1-2H3. The van der Waals surface area contributed by atoms with Crippen LogP contribution in [0.25, 0.3) is 0 Å². The Labute approximate surface area is 124 Å². The number of hydrogen-bond acceptors (Lipinski definition) is 1. The number of rotatable bonds is 5. The normalized spacial score (nSPS) is 12.4. The van der Waals surface area contributed by atoms with Crippen LogP contribution in [0.3, 0.4) is 0 Å². The first kappa shape index (κ1) is 15.0. The van der Waals surface area contributed by atoms with Crippen molar-refractivity contribution in [1.29, 1.82) is 0 Å². The summed E-state index contributed by atoms with van der Waals surface area (Å²) >= 11 is 5.94. The predicted octanol–water partition coefficient (Wildman–Crippen LogP) is 4.88. The molecule has 0 aliphatic heterocycles. The molecule has 1 atom stereocenters. The first-order chi connectivity index (χ1) is 9.61. The van der Waals surface area contributed by atoms with Gasteiger partial charge in [-0.05, 0) is 60.8 Å². The second-order valence-corrected chi connectivity index (χ2v) is 5.38. The fourth-order valence-corrected chi connectivity index (χ4v) is 2.40. The van der Waals surface area contributed by atoms with Gasteiger partial charge in [-0.25, -0.2) is 4.39 Å². The lowest BCUT2D eigenvalue weighted by Crippen LogP contribution is -2.24. The minimum atomic E-state index is -0.206. The van der Waals surface area contributed by atoms with Crippen molar-refractivity contribution in [3.63, 3.8) is 0 Å². The highest BCUT2D eigenvalue weighted by Crippen LogP contribution is 2.26. The average molecular weight is 292 g/mol. The summed E-state index contributed by atoms with van der Waals surface area (Å²) in [5.41, 5.74) is 3.15. The Kier molecular flexibility index (Phi) is 5.16. The molecule has 2 aromatic rings. The number of nitrogens with one attached hydrogen (secondary N) is 1. The van der Waals surface area contributed by atoms with Crippen LogP contribution in [-0.4, -0.2) is 6.54 Å². The van der Waals surface area contributed by atoms with E-state index in [9.17, 15) is 4.39 Å². The zero-order chi connectivity index (χ0) is 14.5. The Balaban J connectivity index is 2.41. The molecule has 2 aromatic carbocycles. The van der Waals surface area contributed by atoms with Crippen LogP contribution in [0.15, 0.2) is 42.5 Å². The van der Waals surface area contributed by atoms with Gasteiger partial charge in [0.05, 0.1) is 6.04 Å². The fourth-order valence-electron chi connectivity index (χ4n) is 2.27. The Morgan fingerprint density at radius 1 is 1.15 bits per heavy atom. The molecule has 0 aliphatic carbocycles. The Morgan fingerprint density at radius 2 is 1.85 bits per heavy atom. The van der Waals surface area contributed by atoms with Crippen molar-refractivity contribution in [2.24, 2.45) is 0 Å². The molecule has 0 spiro atoms. The van der Waals surface area contributed by atoms with E-state index < -0.39 is 0 Å². The lowest BCUT2D eigenvalue weighted by molar-refractivity contribution is 0.583. The van der Waals surface area contributed by atoms with Gasteiger partial charge in [0.1, 0.15) is 5.82 Å². The molecule has 0 fully saturated rings. The third kappa shape index (κ3) is 3.59. The van der Waals surface area contributed by atoms with Crippen LogP contribution >= 0.6 is 11.6 Å². The molecule has 0 aromatic heterocycles. The molecule has 0 amide bonds. The molecule has 0 bridgehead atoms. The van der Waals surface area contributed by atoms with Crippen LogP contribution in [0.4, 0.5) is 4.39 Å². The summed E-state index contributed by atoms with van der Waals surface area (Å²) in [7, 11) is 0. The fraction of sp³-hybridized carbons (Fsp3) is 0.294. The van der Waals surface area contributed by atoms with Gasteiger partial charge in [-0.3, -0.25) is 0 Å². The summed E-state index contributed by atoms with van der Waals surface area (Å²) in [5, 5.41) is 4.19. The van der Waals surface area contributed by atoms with E-state index in [0.717, 1.165) is 29.7 Å². The van der Waals surface area contributed by atoms with Crippen LogP contribution in [0.1, 0.15) is 36.1 Å². The highest BCUT2D eigenvalue weighted by atomic mass is 35.5. The first-order valence-electron chi connectivity index (χ1n) is 6.86. The van der Waals surface area contributed by atoms with Crippen LogP contribution in [-0.2, 0) is 0 Å². The number of hydrogen-bond donors (Lipinski definition) is 1. The molecule has 0 heterocycles. The van der Waals surface area contributed by atoms with E-state index >= 15 is 0 Å². The second-order valence-electron chi connectivity index (χ2n) is 4.94. The smallest absolute Gasteiger partial charge is 0.123 e. The SMILES string of the molecule is CCCNC(c1ccc(Cl)cc1)c1cc(F)ccc1C. The largest absolute Gasteiger partial charge is 0.306 e. The van der Waals surface area contributed by atoms with Gasteiger partial charge in [-0.2, -0.15) is 0 Å². The number of halogens is 2. The maximum atomic E-state index is 13.6. The van der Waals surface area contributed by atoms with Gasteiger partial charge in [-0.15, -0.1) is 0 Å². The summed E-state index contributed by atoms with van der Waals surface area (Å²) in [6, 6.07) is 12.6. The highest BCUT2D eigenvalue weighted by Gasteiger charge is 2.16. The van der Waals surface area contributed by atoms with Gasteiger partial charge >= 0.3 is 0 Å². The predicted molar refractivity (Wildman–Crippen MR) is 82.7 cm³/mol. The van der Waals surface area contributed by atoms with Gasteiger partial charge in [0.2, 0.25) is 0 Å². The molecule has 0 saturated carbocycles. The third-order valence-electron chi connectivity index (χ3n) is 3.35. The monoisotopic (exact) mass is 291 g/mol. The average Bonchev–Trinajstić information content (AvgIpc) is 2.44. The van der Waals surface area contributed by atoms with Gasteiger partial charge in [0, 0.05) is 5.02 Å². The summed E-state index contributed by atoms with van der Waals surface area (Å²) < 4.78 is 13.6. The van der Waals surface area contributed by atoms with Crippen molar-refractivity contribution in [1.82, 2.24) is 5.32 Å². The van der Waals surface area contributed by atoms with E-state index in [2.05, 4.69) is 12.2 Å². The van der Waals surface area contributed by atoms with Crippen molar-refractivity contribution in [3.8, 4) is 0 Å². The van der Waals surface area contributed by atoms with E-state index in [1.807, 2.05) is 37.3 Å². The molecule has 1 unspecified atom stereocenters. The van der Waals surface area contributed by atoms with Crippen LogP contribution in [0.5, 0.6) is 0 Å². The molecular weight excluding hydrogens is 273 g/mol. The quantitative estimate of drug-likeness (QED) is 0.828. The molecular formula is C17H19ClFN. The summed E-state index contributed by atoms with van der Waals surface area (Å²) in [6.45, 7) is 5.00. The van der Waals surface area contributed by atoms with Crippen molar-refractivity contribution >= 4 is 11.6 Å². The van der Waals surface area contributed by atoms with E-state index in [1.165, 1.54) is 6.07 Å². The summed E-state index contributed by atoms with van der Waals surface area (Å²) in [6.07, 6.45) is 1.03. The lowest BCUT2D eigenvalue weighted by atomic mass is 9.94. The van der Waals surface area contributed by atoms with Crippen LogP contribution < -0.4 is 5.32 Å². The Bertz CT molecular complexity index is 566. The zero-order valence-corrected chi connectivity index (χ0v) is 12.5. The Morgan fingerprint density at radius 3 is 2.50 bits per heavy atom. The van der Waals surface area contributed by atoms with E-state index in [4.69, 9.17) is 11.6 Å². The minimum Gasteiger partial charge on any atom is -0.306 e. The molecule has 106 valence electrons. The molecule has 2 rings (SSSR count). The molecule has 0 saturated heterocycles. The van der Waals surface area contributed by atoms with Crippen molar-refractivity contribution in [2.75, 3.05) is 6.54 Å². The third-order valence-corrected chi connectivity index (χ3v) is 3.61. The topological polar surface area (TPSA) is 12.0 Å². The second kappa shape index (κ2) is 6.87. The Hall–Kier alpha value is -1.38. The van der Waals surface area contributed by atoms with Gasteiger partial charge in [0.25, 0.3) is 0 Å². The first-order valence-corrected chi connectivity index (χ1v) is 7.24. The van der Waals surface area contributed by atoms with Crippen LogP contribution in [0.2, 0.25) is 5.02 Å². The van der Waals surface area contributed by atoms with E-state index in [0.29, 0.717) is 5.02 Å². The zero-order valence-electron chi connectivity index (χ0n) is 11.8. The van der Waals surface area contributed by atoms with Crippen molar-refractivity contribution in [2.45, 2.75) is 26.3 Å². The van der Waals surface area contributed by atoms with Crippen molar-refractivity contribution < 1.29 is 4.39 Å². The maximum absolute atomic E-state index is 13.6. The molecule has 1 N–H and O–H groups in total. The lowest BCUT2D eigenvalue weighted by Gasteiger charge is -2.21. The van der Waals surface area contributed by atoms with Gasteiger partial charge in [0.15, 0.2) is 0 Å². The van der Waals surface area contributed by atoms with Crippen molar-refractivity contribution in [3.05, 3.63) is 70.0 Å². The molecule has 1 nitrogen and oxygen atoms in total. The summed E-state index contributed by atoms with van der Waals surface area (Å²) in [5.74, 6) is -0.206. The van der Waals surface area contributed by atoms with Gasteiger partial charge in [-0.1, -0.05) is 36.7 Å². The molecule has 3 heteroatoms. The van der Waals surface area contributed by atoms with Gasteiger partial charge < -0.3 is 5.32 Å². The molecule has 20 heavy (non-hydrogen) atoms.